The average Bonchev–Trinajstić information content (AvgIpc) is 3.41. The van der Waals surface area contributed by atoms with Crippen molar-refractivity contribution in [2.75, 3.05) is 0 Å². The molecular weight excluding hydrogens is 380 g/mol. The zero-order chi connectivity index (χ0) is 20.9. The first-order valence-electron chi connectivity index (χ1n) is 9.63. The quantitative estimate of drug-likeness (QED) is 0.505. The van der Waals surface area contributed by atoms with E-state index in [2.05, 4.69) is 15.6 Å². The fourth-order valence-electron chi connectivity index (χ4n) is 3.20. The molecule has 1 amide bonds. The Kier molecular flexibility index (Phi) is 5.61. The van der Waals surface area contributed by atoms with E-state index in [-0.39, 0.29) is 12.5 Å². The fraction of sp³-hybridized carbons (Fsp3) is 0.174. The third-order valence-corrected chi connectivity index (χ3v) is 4.87. The minimum Gasteiger partial charge on any atom is -0.488 e. The summed E-state index contributed by atoms with van der Waals surface area (Å²) in [5.74, 6) is 1.01. The van der Waals surface area contributed by atoms with Gasteiger partial charge in [0.25, 0.3) is 5.91 Å². The summed E-state index contributed by atoms with van der Waals surface area (Å²) in [7, 11) is 0. The molecule has 0 atom stereocenters. The Bertz CT molecular complexity index is 1130. The maximum absolute atomic E-state index is 12.9. The van der Waals surface area contributed by atoms with Gasteiger partial charge in [-0.05, 0) is 43.7 Å². The van der Waals surface area contributed by atoms with E-state index in [0.717, 1.165) is 22.5 Å². The van der Waals surface area contributed by atoms with E-state index >= 15 is 0 Å². The number of benzene rings is 2. The maximum atomic E-state index is 12.9. The van der Waals surface area contributed by atoms with E-state index in [1.54, 1.807) is 23.0 Å². The molecule has 4 aromatic rings. The molecule has 0 aliphatic carbocycles. The number of ether oxygens (including phenoxy) is 1. The number of nitrogens with zero attached hydrogens (tertiary/aromatic N) is 3. The molecule has 152 valence electrons. The predicted octanol–water partition coefficient (Wildman–Crippen LogP) is 3.99. The van der Waals surface area contributed by atoms with Gasteiger partial charge in [0.2, 0.25) is 0 Å². The summed E-state index contributed by atoms with van der Waals surface area (Å²) < 4.78 is 12.9. The molecule has 2 aromatic carbocycles. The smallest absolute Gasteiger partial charge is 0.255 e. The molecule has 2 heterocycles. The third-order valence-electron chi connectivity index (χ3n) is 4.87. The van der Waals surface area contributed by atoms with Crippen molar-refractivity contribution in [1.29, 1.82) is 0 Å². The van der Waals surface area contributed by atoms with Crippen LogP contribution in [0.5, 0.6) is 5.75 Å². The lowest BCUT2D eigenvalue weighted by Gasteiger charge is -2.13. The molecule has 0 aliphatic rings. The normalized spacial score (nSPS) is 10.7. The molecule has 7 nitrogen and oxygen atoms in total. The predicted molar refractivity (Wildman–Crippen MR) is 111 cm³/mol. The zero-order valence-electron chi connectivity index (χ0n) is 16.8. The Morgan fingerprint density at radius 1 is 1.10 bits per heavy atom. The third kappa shape index (κ3) is 4.10. The van der Waals surface area contributed by atoms with Gasteiger partial charge in [-0.3, -0.25) is 4.79 Å². The van der Waals surface area contributed by atoms with Crippen LogP contribution in [0.15, 0.2) is 71.5 Å². The molecule has 0 saturated heterocycles. The molecule has 0 bridgehead atoms. The van der Waals surface area contributed by atoms with Crippen LogP contribution in [0.25, 0.3) is 5.69 Å². The maximum Gasteiger partial charge on any atom is 0.255 e. The van der Waals surface area contributed by atoms with Crippen molar-refractivity contribution in [3.63, 3.8) is 0 Å². The van der Waals surface area contributed by atoms with Gasteiger partial charge >= 0.3 is 0 Å². The molecule has 0 saturated carbocycles. The summed E-state index contributed by atoms with van der Waals surface area (Å²) in [6, 6.07) is 16.9. The number of aromatic nitrogens is 3. The minimum absolute atomic E-state index is 0.209. The summed E-state index contributed by atoms with van der Waals surface area (Å²) >= 11 is 0. The van der Waals surface area contributed by atoms with E-state index in [4.69, 9.17) is 9.26 Å². The Morgan fingerprint density at radius 2 is 1.90 bits per heavy atom. The van der Waals surface area contributed by atoms with E-state index in [1.165, 1.54) is 0 Å². The summed E-state index contributed by atoms with van der Waals surface area (Å²) in [4.78, 5) is 12.9. The van der Waals surface area contributed by atoms with Gasteiger partial charge in [-0.1, -0.05) is 35.5 Å². The minimum atomic E-state index is -0.209. The average molecular weight is 402 g/mol. The van der Waals surface area contributed by atoms with Gasteiger partial charge in [0.15, 0.2) is 0 Å². The molecule has 0 unspecified atom stereocenters. The van der Waals surface area contributed by atoms with Crippen molar-refractivity contribution in [2.45, 2.75) is 27.0 Å². The number of carbonyl (C=O) groups is 1. The molecular formula is C23H22N4O3. The highest BCUT2D eigenvalue weighted by molar-refractivity contribution is 5.96. The second kappa shape index (κ2) is 8.65. The number of hydrogen-bond donors (Lipinski definition) is 1. The lowest BCUT2D eigenvalue weighted by molar-refractivity contribution is 0.0946. The molecule has 30 heavy (non-hydrogen) atoms. The van der Waals surface area contributed by atoms with Crippen molar-refractivity contribution in [1.82, 2.24) is 20.3 Å². The Hall–Kier alpha value is -3.87. The largest absolute Gasteiger partial charge is 0.488 e. The topological polar surface area (TPSA) is 82.2 Å². The number of para-hydroxylation sites is 2. The number of carbonyl (C=O) groups excluding carboxylic acids is 1. The number of rotatable bonds is 7. The van der Waals surface area contributed by atoms with Crippen LogP contribution in [0.1, 0.15) is 32.9 Å². The van der Waals surface area contributed by atoms with Gasteiger partial charge in [-0.25, -0.2) is 4.68 Å². The van der Waals surface area contributed by atoms with Gasteiger partial charge in [-0.2, -0.15) is 5.10 Å². The molecule has 4 rings (SSSR count). The van der Waals surface area contributed by atoms with E-state index < -0.39 is 0 Å². The molecule has 0 fully saturated rings. The SMILES string of the molecule is Cc1noc(C)c1COc1ccccc1C(=O)NCc1ccccc1-n1cccn1. The van der Waals surface area contributed by atoms with Crippen LogP contribution < -0.4 is 10.1 Å². The first-order chi connectivity index (χ1) is 14.6. The lowest BCUT2D eigenvalue weighted by atomic mass is 10.1. The Labute approximate surface area is 174 Å². The molecule has 7 heteroatoms. The van der Waals surface area contributed by atoms with E-state index in [0.29, 0.717) is 23.6 Å². The molecule has 2 aromatic heterocycles. The first-order valence-corrected chi connectivity index (χ1v) is 9.63. The summed E-state index contributed by atoms with van der Waals surface area (Å²) in [6.45, 7) is 4.36. The van der Waals surface area contributed by atoms with Gasteiger partial charge < -0.3 is 14.6 Å². The van der Waals surface area contributed by atoms with Gasteiger partial charge in [0, 0.05) is 18.9 Å². The summed E-state index contributed by atoms with van der Waals surface area (Å²) in [5.41, 5.74) is 4.03. The number of nitrogens with one attached hydrogen (secondary N) is 1. The standard InChI is InChI=1S/C23H22N4O3/c1-16-20(17(2)30-26-16)15-29-22-11-6-4-9-19(22)23(28)24-14-18-8-3-5-10-21(18)27-13-7-12-25-27/h3-13H,14-15H2,1-2H3,(H,24,28). The van der Waals surface area contributed by atoms with Crippen molar-refractivity contribution >= 4 is 5.91 Å². The second-order valence-electron chi connectivity index (χ2n) is 6.85. The van der Waals surface area contributed by atoms with Crippen molar-refractivity contribution in [3.8, 4) is 11.4 Å². The highest BCUT2D eigenvalue weighted by Gasteiger charge is 2.15. The number of hydrogen-bond acceptors (Lipinski definition) is 5. The fourth-order valence-corrected chi connectivity index (χ4v) is 3.20. The van der Waals surface area contributed by atoms with Crippen molar-refractivity contribution in [2.24, 2.45) is 0 Å². The van der Waals surface area contributed by atoms with E-state index in [1.807, 2.05) is 62.5 Å². The lowest BCUT2D eigenvalue weighted by Crippen LogP contribution is -2.24. The number of aryl methyl sites for hydroxylation is 2. The Morgan fingerprint density at radius 3 is 2.67 bits per heavy atom. The van der Waals surface area contributed by atoms with Crippen LogP contribution in [0.2, 0.25) is 0 Å². The molecule has 0 radical (unpaired) electrons. The van der Waals surface area contributed by atoms with Gasteiger partial charge in [-0.15, -0.1) is 0 Å². The van der Waals surface area contributed by atoms with Gasteiger partial charge in [0.1, 0.15) is 18.1 Å². The highest BCUT2D eigenvalue weighted by Crippen LogP contribution is 2.22. The van der Waals surface area contributed by atoms with E-state index in [9.17, 15) is 4.79 Å². The summed E-state index contributed by atoms with van der Waals surface area (Å²) in [6.07, 6.45) is 3.60. The van der Waals surface area contributed by atoms with Crippen LogP contribution in [-0.4, -0.2) is 20.8 Å². The monoisotopic (exact) mass is 402 g/mol. The summed E-state index contributed by atoms with van der Waals surface area (Å²) in [5, 5.41) is 11.2. The van der Waals surface area contributed by atoms with Crippen molar-refractivity contribution < 1.29 is 14.1 Å². The first kappa shape index (κ1) is 19.4. The molecule has 0 spiro atoms. The molecule has 0 aliphatic heterocycles. The highest BCUT2D eigenvalue weighted by atomic mass is 16.5. The van der Waals surface area contributed by atoms with Crippen LogP contribution in [-0.2, 0) is 13.2 Å². The number of amides is 1. The van der Waals surface area contributed by atoms with Crippen LogP contribution >= 0.6 is 0 Å². The zero-order valence-corrected chi connectivity index (χ0v) is 16.8. The van der Waals surface area contributed by atoms with Gasteiger partial charge in [0.05, 0.1) is 22.5 Å². The van der Waals surface area contributed by atoms with Crippen molar-refractivity contribution in [3.05, 3.63) is 95.1 Å². The van der Waals surface area contributed by atoms with Crippen LogP contribution in [0.3, 0.4) is 0 Å². The van der Waals surface area contributed by atoms with Crippen LogP contribution in [0, 0.1) is 13.8 Å². The Balaban J connectivity index is 1.47. The molecule has 1 N–H and O–H groups in total. The second-order valence-corrected chi connectivity index (χ2v) is 6.85. The van der Waals surface area contributed by atoms with Crippen LogP contribution in [0.4, 0.5) is 0 Å².